The van der Waals surface area contributed by atoms with Crippen LogP contribution in [0.4, 0.5) is 5.69 Å². The Bertz CT molecular complexity index is 1270. The van der Waals surface area contributed by atoms with Gasteiger partial charge in [-0.25, -0.2) is 8.42 Å². The molecule has 2 aromatic heterocycles. The molecule has 0 aliphatic heterocycles. The third-order valence-electron chi connectivity index (χ3n) is 4.07. The van der Waals surface area contributed by atoms with Gasteiger partial charge in [0.25, 0.3) is 5.91 Å². The Morgan fingerprint density at radius 1 is 1.14 bits per heavy atom. The molecular formula is C19H16N4O4S. The highest BCUT2D eigenvalue weighted by atomic mass is 32.2. The summed E-state index contributed by atoms with van der Waals surface area (Å²) in [6, 6.07) is 14.2. The van der Waals surface area contributed by atoms with E-state index < -0.39 is 9.84 Å². The summed E-state index contributed by atoms with van der Waals surface area (Å²) < 4.78 is 28.1. The number of rotatable bonds is 5. The van der Waals surface area contributed by atoms with Crippen molar-refractivity contribution in [1.82, 2.24) is 15.2 Å². The van der Waals surface area contributed by atoms with Gasteiger partial charge in [0.15, 0.2) is 9.84 Å². The van der Waals surface area contributed by atoms with E-state index in [9.17, 15) is 13.2 Å². The highest BCUT2D eigenvalue weighted by molar-refractivity contribution is 7.89. The van der Waals surface area contributed by atoms with Crippen molar-refractivity contribution in [3.05, 3.63) is 66.2 Å². The lowest BCUT2D eigenvalue weighted by atomic mass is 10.1. The maximum absolute atomic E-state index is 12.7. The number of aromatic nitrogens is 3. The van der Waals surface area contributed by atoms with Crippen LogP contribution in [0.5, 0.6) is 0 Å². The van der Waals surface area contributed by atoms with Gasteiger partial charge in [-0.15, -0.1) is 10.2 Å². The molecule has 0 spiro atoms. The second-order valence-corrected chi connectivity index (χ2v) is 8.49. The van der Waals surface area contributed by atoms with Crippen LogP contribution in [0.2, 0.25) is 0 Å². The van der Waals surface area contributed by atoms with Crippen molar-refractivity contribution >= 4 is 32.3 Å². The lowest BCUT2D eigenvalue weighted by molar-refractivity contribution is 0.102. The predicted octanol–water partition coefficient (Wildman–Crippen LogP) is 3.01. The van der Waals surface area contributed by atoms with Gasteiger partial charge in [-0.1, -0.05) is 12.1 Å². The number of fused-ring (bicyclic) bond motifs is 1. The predicted molar refractivity (Wildman–Crippen MR) is 105 cm³/mol. The summed E-state index contributed by atoms with van der Waals surface area (Å²) in [4.78, 5) is 15.8. The van der Waals surface area contributed by atoms with Crippen LogP contribution in [-0.2, 0) is 15.6 Å². The van der Waals surface area contributed by atoms with Crippen LogP contribution in [0.1, 0.15) is 16.2 Å². The van der Waals surface area contributed by atoms with Gasteiger partial charge in [-0.2, -0.15) is 0 Å². The fourth-order valence-corrected chi connectivity index (χ4v) is 3.40. The number of carbonyl (C=O) groups excluding carboxylic acids is 1. The number of anilines is 1. The summed E-state index contributed by atoms with van der Waals surface area (Å²) in [7, 11) is -3.28. The highest BCUT2D eigenvalue weighted by Crippen LogP contribution is 2.24. The van der Waals surface area contributed by atoms with E-state index in [4.69, 9.17) is 4.42 Å². The van der Waals surface area contributed by atoms with Gasteiger partial charge in [0, 0.05) is 34.5 Å². The third kappa shape index (κ3) is 3.79. The molecular weight excluding hydrogens is 380 g/mol. The Morgan fingerprint density at radius 3 is 2.79 bits per heavy atom. The Kier molecular flexibility index (Phi) is 4.44. The molecule has 2 N–H and O–H groups in total. The van der Waals surface area contributed by atoms with Gasteiger partial charge in [-0.05, 0) is 36.4 Å². The van der Waals surface area contributed by atoms with Crippen LogP contribution in [0.25, 0.3) is 22.4 Å². The molecule has 0 radical (unpaired) electrons. The number of sulfone groups is 1. The Hall–Kier alpha value is -3.46. The molecule has 0 fully saturated rings. The molecule has 0 atom stereocenters. The second kappa shape index (κ2) is 6.93. The Labute approximate surface area is 160 Å². The van der Waals surface area contributed by atoms with Gasteiger partial charge >= 0.3 is 0 Å². The van der Waals surface area contributed by atoms with Gasteiger partial charge in [0.1, 0.15) is 5.75 Å². The number of nitrogens with zero attached hydrogens (tertiary/aromatic N) is 2. The molecule has 0 unspecified atom stereocenters. The van der Waals surface area contributed by atoms with E-state index in [0.717, 1.165) is 17.2 Å². The summed E-state index contributed by atoms with van der Waals surface area (Å²) in [6.07, 6.45) is 2.90. The third-order valence-corrected chi connectivity index (χ3v) is 4.84. The number of H-pyrrole nitrogens is 1. The SMILES string of the molecule is CS(=O)(=O)Cc1nnc(-c2cccc(C(=O)Nc3cccc4[nH]ccc34)c2)o1. The van der Waals surface area contributed by atoms with E-state index in [1.807, 2.05) is 30.5 Å². The molecule has 0 saturated heterocycles. The maximum Gasteiger partial charge on any atom is 0.255 e. The fraction of sp³-hybridized carbons (Fsp3) is 0.105. The van der Waals surface area contributed by atoms with E-state index in [1.165, 1.54) is 0 Å². The second-order valence-electron chi connectivity index (χ2n) is 6.35. The van der Waals surface area contributed by atoms with E-state index in [1.54, 1.807) is 24.3 Å². The van der Waals surface area contributed by atoms with Crippen LogP contribution in [-0.4, -0.2) is 35.8 Å². The lowest BCUT2D eigenvalue weighted by Gasteiger charge is -2.07. The summed E-state index contributed by atoms with van der Waals surface area (Å²) >= 11 is 0. The zero-order valence-corrected chi connectivity index (χ0v) is 15.7. The quantitative estimate of drug-likeness (QED) is 0.535. The van der Waals surface area contributed by atoms with Crippen LogP contribution in [0.3, 0.4) is 0 Å². The number of amides is 1. The molecule has 8 nitrogen and oxygen atoms in total. The Balaban J connectivity index is 1.58. The van der Waals surface area contributed by atoms with Crippen LogP contribution >= 0.6 is 0 Å². The monoisotopic (exact) mass is 396 g/mol. The normalized spacial score (nSPS) is 11.6. The van der Waals surface area contributed by atoms with E-state index in [0.29, 0.717) is 16.8 Å². The molecule has 9 heteroatoms. The number of hydrogen-bond donors (Lipinski definition) is 2. The standard InChI is InChI=1S/C19H16N4O4S/c1-28(25,26)11-17-22-23-19(27-17)13-5-2-4-12(10-13)18(24)21-16-7-3-6-15-14(16)8-9-20-15/h2-10,20H,11H2,1H3,(H,21,24). The number of nitrogens with one attached hydrogen (secondary N) is 2. The average Bonchev–Trinajstić information content (AvgIpc) is 3.30. The minimum Gasteiger partial charge on any atom is -0.420 e. The molecule has 0 bridgehead atoms. The molecule has 0 aliphatic rings. The summed E-state index contributed by atoms with van der Waals surface area (Å²) in [5.41, 5.74) is 2.56. The molecule has 4 aromatic rings. The number of benzene rings is 2. The van der Waals surface area contributed by atoms with Gasteiger partial charge < -0.3 is 14.7 Å². The first-order chi connectivity index (χ1) is 13.4. The first-order valence-corrected chi connectivity index (χ1v) is 10.4. The van der Waals surface area contributed by atoms with Crippen molar-refractivity contribution in [2.75, 3.05) is 11.6 Å². The van der Waals surface area contributed by atoms with Crippen molar-refractivity contribution in [3.63, 3.8) is 0 Å². The van der Waals surface area contributed by atoms with E-state index in [2.05, 4.69) is 20.5 Å². The molecule has 2 heterocycles. The zero-order chi connectivity index (χ0) is 19.7. The van der Waals surface area contributed by atoms with Crippen LogP contribution < -0.4 is 5.32 Å². The van der Waals surface area contributed by atoms with Crippen molar-refractivity contribution < 1.29 is 17.6 Å². The van der Waals surface area contributed by atoms with Crippen molar-refractivity contribution in [3.8, 4) is 11.5 Å². The molecule has 0 aliphatic carbocycles. The first-order valence-electron chi connectivity index (χ1n) is 8.37. The Morgan fingerprint density at radius 2 is 1.96 bits per heavy atom. The zero-order valence-electron chi connectivity index (χ0n) is 14.8. The maximum atomic E-state index is 12.7. The van der Waals surface area contributed by atoms with E-state index >= 15 is 0 Å². The number of hydrogen-bond acceptors (Lipinski definition) is 6. The summed E-state index contributed by atoms with van der Waals surface area (Å²) in [5.74, 6) is -0.458. The minimum absolute atomic E-state index is 0.00601. The van der Waals surface area contributed by atoms with Gasteiger partial charge in [0.05, 0.1) is 5.69 Å². The topological polar surface area (TPSA) is 118 Å². The molecule has 2 aromatic carbocycles. The summed E-state index contributed by atoms with van der Waals surface area (Å²) in [6.45, 7) is 0. The largest absolute Gasteiger partial charge is 0.420 e. The van der Waals surface area contributed by atoms with Crippen molar-refractivity contribution in [2.45, 2.75) is 5.75 Å². The number of carbonyl (C=O) groups is 1. The average molecular weight is 396 g/mol. The molecule has 4 rings (SSSR count). The molecule has 1 amide bonds. The van der Waals surface area contributed by atoms with Gasteiger partial charge in [-0.3, -0.25) is 4.79 Å². The molecule has 28 heavy (non-hydrogen) atoms. The van der Waals surface area contributed by atoms with E-state index in [-0.39, 0.29) is 23.4 Å². The van der Waals surface area contributed by atoms with Crippen molar-refractivity contribution in [2.24, 2.45) is 0 Å². The molecule has 0 saturated carbocycles. The minimum atomic E-state index is -3.28. The summed E-state index contributed by atoms with van der Waals surface area (Å²) in [5, 5.41) is 11.4. The van der Waals surface area contributed by atoms with Crippen LogP contribution in [0.15, 0.2) is 59.1 Å². The van der Waals surface area contributed by atoms with Crippen molar-refractivity contribution in [1.29, 1.82) is 0 Å². The fourth-order valence-electron chi connectivity index (χ4n) is 2.84. The lowest BCUT2D eigenvalue weighted by Crippen LogP contribution is -2.12. The number of aromatic amines is 1. The van der Waals surface area contributed by atoms with Crippen LogP contribution in [0, 0.1) is 0 Å². The highest BCUT2D eigenvalue weighted by Gasteiger charge is 2.15. The first kappa shape index (κ1) is 17.9. The smallest absolute Gasteiger partial charge is 0.255 e. The molecule has 142 valence electrons. The van der Waals surface area contributed by atoms with Gasteiger partial charge in [0.2, 0.25) is 11.8 Å².